The van der Waals surface area contributed by atoms with Crippen molar-refractivity contribution >= 4 is 33.5 Å². The number of likely N-dealkylation sites (tertiary alicyclic amines) is 1. The molecule has 2 amide bonds. The summed E-state index contributed by atoms with van der Waals surface area (Å²) < 4.78 is 27.3. The Morgan fingerprint density at radius 2 is 1.85 bits per heavy atom. The first kappa shape index (κ1) is 20.8. The van der Waals surface area contributed by atoms with Gasteiger partial charge in [-0.25, -0.2) is 8.42 Å². The first-order valence-corrected chi connectivity index (χ1v) is 10.00. The van der Waals surface area contributed by atoms with Crippen LogP contribution in [0.25, 0.3) is 0 Å². The number of sulfonamides is 1. The molecule has 0 aliphatic carbocycles. The number of nitrogens with zero attached hydrogens (tertiary/aromatic N) is 1. The Morgan fingerprint density at radius 1 is 1.22 bits per heavy atom. The molecular formula is C17H23N3O6S. The van der Waals surface area contributed by atoms with Gasteiger partial charge in [-0.05, 0) is 44.0 Å². The average Bonchev–Trinajstić information content (AvgIpc) is 2.60. The summed E-state index contributed by atoms with van der Waals surface area (Å²) in [6, 6.07) is 4.52. The van der Waals surface area contributed by atoms with Gasteiger partial charge >= 0.3 is 5.97 Å². The zero-order valence-corrected chi connectivity index (χ0v) is 16.0. The second kappa shape index (κ2) is 8.49. The van der Waals surface area contributed by atoms with Crippen molar-refractivity contribution in [3.05, 3.63) is 24.3 Å². The number of hydrogen-bond acceptors (Lipinski definition) is 5. The zero-order valence-electron chi connectivity index (χ0n) is 15.1. The van der Waals surface area contributed by atoms with Gasteiger partial charge in [-0.15, -0.1) is 0 Å². The van der Waals surface area contributed by atoms with Crippen molar-refractivity contribution in [1.82, 2.24) is 9.62 Å². The summed E-state index contributed by atoms with van der Waals surface area (Å²) in [6.07, 6.45) is 1.06. The van der Waals surface area contributed by atoms with Gasteiger partial charge in [-0.1, -0.05) is 0 Å². The number of carbonyl (C=O) groups is 3. The third kappa shape index (κ3) is 5.51. The molecule has 1 aliphatic heterocycles. The molecule has 0 spiro atoms. The summed E-state index contributed by atoms with van der Waals surface area (Å²) in [6.45, 7) is 3.25. The van der Waals surface area contributed by atoms with E-state index in [9.17, 15) is 22.8 Å². The number of carboxylic acid groups (broad SMARTS) is 1. The number of piperidine rings is 1. The van der Waals surface area contributed by atoms with Gasteiger partial charge in [0.1, 0.15) is 0 Å². The topological polar surface area (TPSA) is 133 Å². The minimum absolute atomic E-state index is 0.0432. The van der Waals surface area contributed by atoms with Crippen molar-refractivity contribution in [2.75, 3.05) is 18.4 Å². The van der Waals surface area contributed by atoms with Crippen molar-refractivity contribution in [2.45, 2.75) is 37.6 Å². The fourth-order valence-electron chi connectivity index (χ4n) is 2.92. The predicted octanol–water partition coefficient (Wildman–Crippen LogP) is 0.635. The lowest BCUT2D eigenvalue weighted by Gasteiger charge is -2.32. The molecule has 2 atom stereocenters. The van der Waals surface area contributed by atoms with Crippen LogP contribution in [-0.4, -0.2) is 55.3 Å². The number of aliphatic carboxylic acids is 1. The smallest absolute Gasteiger partial charge is 0.308 e. The summed E-state index contributed by atoms with van der Waals surface area (Å²) in [4.78, 5) is 36.0. The number of amides is 2. The van der Waals surface area contributed by atoms with E-state index in [4.69, 9.17) is 5.11 Å². The Labute approximate surface area is 157 Å². The molecule has 1 unspecified atom stereocenters. The van der Waals surface area contributed by atoms with E-state index in [2.05, 4.69) is 10.0 Å². The van der Waals surface area contributed by atoms with Crippen LogP contribution in [0.5, 0.6) is 0 Å². The van der Waals surface area contributed by atoms with E-state index < -0.39 is 33.9 Å². The second-order valence-electron chi connectivity index (χ2n) is 6.51. The Morgan fingerprint density at radius 3 is 2.41 bits per heavy atom. The van der Waals surface area contributed by atoms with Crippen molar-refractivity contribution in [3.63, 3.8) is 0 Å². The SMILES string of the molecule is CC(=O)Nc1ccc(S(=O)(=O)NC(C)C(=O)N2CCC[C@H](C(=O)O)C2)cc1. The predicted molar refractivity (Wildman–Crippen MR) is 97.5 cm³/mol. The highest BCUT2D eigenvalue weighted by Gasteiger charge is 2.31. The number of rotatable bonds is 6. The molecule has 0 bridgehead atoms. The van der Waals surface area contributed by atoms with E-state index in [0.29, 0.717) is 25.1 Å². The van der Waals surface area contributed by atoms with Gasteiger partial charge < -0.3 is 15.3 Å². The highest BCUT2D eigenvalue weighted by molar-refractivity contribution is 7.89. The molecule has 2 rings (SSSR count). The third-order valence-electron chi connectivity index (χ3n) is 4.27. The van der Waals surface area contributed by atoms with Crippen molar-refractivity contribution in [2.24, 2.45) is 5.92 Å². The number of nitrogens with one attached hydrogen (secondary N) is 2. The molecular weight excluding hydrogens is 374 g/mol. The average molecular weight is 397 g/mol. The van der Waals surface area contributed by atoms with Crippen LogP contribution >= 0.6 is 0 Å². The van der Waals surface area contributed by atoms with Crippen LogP contribution in [0.1, 0.15) is 26.7 Å². The third-order valence-corrected chi connectivity index (χ3v) is 5.83. The number of benzene rings is 1. The van der Waals surface area contributed by atoms with E-state index in [-0.39, 0.29) is 17.3 Å². The van der Waals surface area contributed by atoms with Gasteiger partial charge in [0.2, 0.25) is 21.8 Å². The molecule has 1 heterocycles. The maximum absolute atomic E-state index is 12.5. The molecule has 0 saturated carbocycles. The number of hydrogen-bond donors (Lipinski definition) is 3. The summed E-state index contributed by atoms with van der Waals surface area (Å²) in [7, 11) is -3.94. The summed E-state index contributed by atoms with van der Waals surface area (Å²) in [5.74, 6) is -2.32. The molecule has 3 N–H and O–H groups in total. The fraction of sp³-hybridized carbons (Fsp3) is 0.471. The number of carboxylic acids is 1. The molecule has 1 aromatic rings. The van der Waals surface area contributed by atoms with Gasteiger partial charge in [0.25, 0.3) is 0 Å². The molecule has 148 valence electrons. The Kier molecular flexibility index (Phi) is 6.55. The Bertz CT molecular complexity index is 822. The summed E-state index contributed by atoms with van der Waals surface area (Å²) >= 11 is 0. The summed E-state index contributed by atoms with van der Waals surface area (Å²) in [5.41, 5.74) is 0.457. The molecule has 1 aromatic carbocycles. The molecule has 1 aliphatic rings. The lowest BCUT2D eigenvalue weighted by atomic mass is 9.98. The van der Waals surface area contributed by atoms with Crippen molar-refractivity contribution in [3.8, 4) is 0 Å². The first-order valence-electron chi connectivity index (χ1n) is 8.51. The standard InChI is InChI=1S/C17H23N3O6S/c1-11(16(22)20-9-3-4-13(10-20)17(23)24)19-27(25,26)15-7-5-14(6-8-15)18-12(2)21/h5-8,11,13,19H,3-4,9-10H2,1-2H3,(H,18,21)(H,23,24)/t11?,13-/m0/s1. The largest absolute Gasteiger partial charge is 0.481 e. The lowest BCUT2D eigenvalue weighted by molar-refractivity contribution is -0.146. The van der Waals surface area contributed by atoms with Crippen LogP contribution in [0.4, 0.5) is 5.69 Å². The normalized spacial score (nSPS) is 18.6. The van der Waals surface area contributed by atoms with E-state index in [0.717, 1.165) is 0 Å². The second-order valence-corrected chi connectivity index (χ2v) is 8.22. The minimum Gasteiger partial charge on any atom is -0.481 e. The van der Waals surface area contributed by atoms with Crippen LogP contribution in [0.15, 0.2) is 29.2 Å². The van der Waals surface area contributed by atoms with Gasteiger partial charge in [0.15, 0.2) is 0 Å². The van der Waals surface area contributed by atoms with E-state index in [1.165, 1.54) is 43.0 Å². The molecule has 27 heavy (non-hydrogen) atoms. The maximum Gasteiger partial charge on any atom is 0.308 e. The molecule has 1 saturated heterocycles. The number of anilines is 1. The van der Waals surface area contributed by atoms with Crippen LogP contribution in [0.3, 0.4) is 0 Å². The van der Waals surface area contributed by atoms with Crippen LogP contribution < -0.4 is 10.0 Å². The van der Waals surface area contributed by atoms with Crippen LogP contribution in [0.2, 0.25) is 0 Å². The number of carbonyl (C=O) groups excluding carboxylic acids is 2. The van der Waals surface area contributed by atoms with Gasteiger partial charge in [-0.2, -0.15) is 4.72 Å². The van der Waals surface area contributed by atoms with Crippen molar-refractivity contribution < 1.29 is 27.9 Å². The van der Waals surface area contributed by atoms with Gasteiger partial charge in [0, 0.05) is 25.7 Å². The maximum atomic E-state index is 12.5. The molecule has 0 aromatic heterocycles. The Balaban J connectivity index is 2.04. The molecule has 1 fully saturated rings. The van der Waals surface area contributed by atoms with E-state index >= 15 is 0 Å². The molecule has 10 heteroatoms. The fourth-order valence-corrected chi connectivity index (χ4v) is 4.12. The Hall–Kier alpha value is -2.46. The van der Waals surface area contributed by atoms with Crippen LogP contribution in [-0.2, 0) is 24.4 Å². The lowest BCUT2D eigenvalue weighted by Crippen LogP contribution is -2.50. The summed E-state index contributed by atoms with van der Waals surface area (Å²) in [5, 5.41) is 11.6. The highest BCUT2D eigenvalue weighted by atomic mass is 32.2. The monoisotopic (exact) mass is 397 g/mol. The molecule has 9 nitrogen and oxygen atoms in total. The minimum atomic E-state index is -3.94. The van der Waals surface area contributed by atoms with E-state index in [1.54, 1.807) is 0 Å². The molecule has 0 radical (unpaired) electrons. The highest BCUT2D eigenvalue weighted by Crippen LogP contribution is 2.18. The quantitative estimate of drug-likeness (QED) is 0.645. The van der Waals surface area contributed by atoms with E-state index in [1.807, 2.05) is 0 Å². The van der Waals surface area contributed by atoms with Crippen molar-refractivity contribution in [1.29, 1.82) is 0 Å². The van der Waals surface area contributed by atoms with Crippen LogP contribution in [0, 0.1) is 5.92 Å². The van der Waals surface area contributed by atoms with Gasteiger partial charge in [0.05, 0.1) is 16.9 Å². The zero-order chi connectivity index (χ0) is 20.2. The van der Waals surface area contributed by atoms with Gasteiger partial charge in [-0.3, -0.25) is 14.4 Å². The first-order chi connectivity index (χ1) is 12.6.